The quantitative estimate of drug-likeness (QED) is 0.635. The second-order valence-corrected chi connectivity index (χ2v) is 4.98. The van der Waals surface area contributed by atoms with Gasteiger partial charge >= 0.3 is 0 Å². The fraction of sp³-hybridized carbons (Fsp3) is 0.167. The van der Waals surface area contributed by atoms with Crippen LogP contribution in [-0.2, 0) is 11.3 Å². The molecule has 5 nitrogen and oxygen atoms in total. The molecule has 0 saturated heterocycles. The first-order valence-electron chi connectivity index (χ1n) is 7.30. The molecule has 2 rings (SSSR count). The zero-order chi connectivity index (χ0) is 16.5. The van der Waals surface area contributed by atoms with Gasteiger partial charge in [-0.15, -0.1) is 0 Å². The van der Waals surface area contributed by atoms with Gasteiger partial charge in [-0.05, 0) is 24.6 Å². The number of rotatable bonds is 6. The van der Waals surface area contributed by atoms with Gasteiger partial charge in [0.2, 0.25) is 0 Å². The van der Waals surface area contributed by atoms with Crippen molar-refractivity contribution in [3.05, 3.63) is 77.8 Å². The maximum absolute atomic E-state index is 12.1. The Labute approximate surface area is 135 Å². The average Bonchev–Trinajstić information content (AvgIpc) is 2.60. The molecule has 1 unspecified atom stereocenters. The average molecular weight is 306 g/mol. The highest BCUT2D eigenvalue weighted by atomic mass is 16.1. The van der Waals surface area contributed by atoms with Crippen molar-refractivity contribution in [3.8, 4) is 6.07 Å². The van der Waals surface area contributed by atoms with Gasteiger partial charge in [0.05, 0.1) is 18.3 Å². The van der Waals surface area contributed by atoms with Crippen LogP contribution >= 0.6 is 0 Å². The van der Waals surface area contributed by atoms with Crippen LogP contribution in [0.3, 0.4) is 0 Å². The summed E-state index contributed by atoms with van der Waals surface area (Å²) in [5.74, 6) is -0.405. The van der Waals surface area contributed by atoms with Gasteiger partial charge in [-0.2, -0.15) is 5.26 Å². The van der Waals surface area contributed by atoms with Gasteiger partial charge < -0.3 is 10.6 Å². The summed E-state index contributed by atoms with van der Waals surface area (Å²) in [5.41, 5.74) is 1.85. The Morgan fingerprint density at radius 2 is 2.00 bits per heavy atom. The number of amides is 1. The molecule has 1 heterocycles. The van der Waals surface area contributed by atoms with Gasteiger partial charge in [0.15, 0.2) is 0 Å². The number of benzene rings is 1. The molecule has 5 heteroatoms. The lowest BCUT2D eigenvalue weighted by Crippen LogP contribution is -2.28. The summed E-state index contributed by atoms with van der Waals surface area (Å²) in [7, 11) is 0. The van der Waals surface area contributed by atoms with Crippen LogP contribution in [0.2, 0.25) is 0 Å². The minimum Gasteiger partial charge on any atom is -0.384 e. The maximum atomic E-state index is 12.1. The lowest BCUT2D eigenvalue weighted by Gasteiger charge is -2.13. The Balaban J connectivity index is 1.93. The molecule has 0 aliphatic rings. The van der Waals surface area contributed by atoms with Gasteiger partial charge in [-0.1, -0.05) is 36.4 Å². The highest BCUT2D eigenvalue weighted by Gasteiger charge is 2.13. The Morgan fingerprint density at radius 1 is 1.26 bits per heavy atom. The number of aromatic nitrogens is 1. The summed E-state index contributed by atoms with van der Waals surface area (Å²) in [6.45, 7) is 2.33. The molecule has 116 valence electrons. The first-order valence-corrected chi connectivity index (χ1v) is 7.30. The molecule has 2 aromatic rings. The van der Waals surface area contributed by atoms with Crippen molar-refractivity contribution in [1.29, 1.82) is 5.26 Å². The first-order chi connectivity index (χ1) is 11.2. The van der Waals surface area contributed by atoms with Crippen LogP contribution in [0.4, 0.5) is 0 Å². The van der Waals surface area contributed by atoms with Crippen LogP contribution in [0.25, 0.3) is 0 Å². The van der Waals surface area contributed by atoms with Gasteiger partial charge in [-0.3, -0.25) is 9.78 Å². The number of carbonyl (C=O) groups is 1. The molecule has 0 bridgehead atoms. The van der Waals surface area contributed by atoms with Crippen molar-refractivity contribution >= 4 is 5.91 Å². The van der Waals surface area contributed by atoms with Gasteiger partial charge in [0, 0.05) is 12.4 Å². The van der Waals surface area contributed by atoms with Crippen molar-refractivity contribution < 1.29 is 4.79 Å². The Bertz CT molecular complexity index is 705. The fourth-order valence-electron chi connectivity index (χ4n) is 2.01. The summed E-state index contributed by atoms with van der Waals surface area (Å²) in [6.07, 6.45) is 3.11. The third kappa shape index (κ3) is 4.97. The van der Waals surface area contributed by atoms with E-state index >= 15 is 0 Å². The minimum atomic E-state index is -0.405. The second kappa shape index (κ2) is 8.35. The highest BCUT2D eigenvalue weighted by Crippen LogP contribution is 2.11. The number of nitrogens with one attached hydrogen (secondary N) is 2. The van der Waals surface area contributed by atoms with E-state index in [1.54, 1.807) is 6.20 Å². The first kappa shape index (κ1) is 16.2. The summed E-state index contributed by atoms with van der Waals surface area (Å²) in [6, 6.07) is 16.9. The van der Waals surface area contributed by atoms with Crippen molar-refractivity contribution in [2.75, 3.05) is 0 Å². The number of hydrogen-bond acceptors (Lipinski definition) is 4. The summed E-state index contributed by atoms with van der Waals surface area (Å²) < 4.78 is 0. The third-order valence-electron chi connectivity index (χ3n) is 3.27. The van der Waals surface area contributed by atoms with E-state index in [1.807, 2.05) is 61.5 Å². The van der Waals surface area contributed by atoms with Crippen LogP contribution in [0.5, 0.6) is 0 Å². The molecule has 1 aromatic carbocycles. The van der Waals surface area contributed by atoms with Gasteiger partial charge in [-0.25, -0.2) is 0 Å². The number of nitriles is 1. The van der Waals surface area contributed by atoms with E-state index in [0.29, 0.717) is 6.54 Å². The highest BCUT2D eigenvalue weighted by molar-refractivity contribution is 5.97. The molecule has 0 saturated carbocycles. The lowest BCUT2D eigenvalue weighted by molar-refractivity contribution is -0.117. The number of nitrogens with zero attached hydrogens (tertiary/aromatic N) is 2. The second-order valence-electron chi connectivity index (χ2n) is 4.98. The van der Waals surface area contributed by atoms with E-state index in [1.165, 1.54) is 6.20 Å². The van der Waals surface area contributed by atoms with E-state index in [2.05, 4.69) is 15.6 Å². The van der Waals surface area contributed by atoms with E-state index < -0.39 is 5.91 Å². The molecular weight excluding hydrogens is 288 g/mol. The third-order valence-corrected chi connectivity index (χ3v) is 3.27. The van der Waals surface area contributed by atoms with Crippen molar-refractivity contribution in [2.45, 2.75) is 19.5 Å². The molecule has 1 amide bonds. The Hall–Kier alpha value is -3.13. The predicted octanol–water partition coefficient (Wildman–Crippen LogP) is 2.46. The van der Waals surface area contributed by atoms with E-state index in [4.69, 9.17) is 5.26 Å². The zero-order valence-corrected chi connectivity index (χ0v) is 12.9. The fourth-order valence-corrected chi connectivity index (χ4v) is 2.01. The van der Waals surface area contributed by atoms with Crippen LogP contribution < -0.4 is 10.6 Å². The maximum Gasteiger partial charge on any atom is 0.263 e. The Morgan fingerprint density at radius 3 is 2.65 bits per heavy atom. The van der Waals surface area contributed by atoms with Crippen molar-refractivity contribution in [3.63, 3.8) is 0 Å². The predicted molar refractivity (Wildman–Crippen MR) is 87.8 cm³/mol. The minimum absolute atomic E-state index is 0.0312. The summed E-state index contributed by atoms with van der Waals surface area (Å²) in [5, 5.41) is 14.9. The topological polar surface area (TPSA) is 77.8 Å². The van der Waals surface area contributed by atoms with Gasteiger partial charge in [0.25, 0.3) is 5.91 Å². The summed E-state index contributed by atoms with van der Waals surface area (Å²) in [4.78, 5) is 16.3. The number of pyridine rings is 1. The normalized spacial score (nSPS) is 12.1. The molecule has 0 aliphatic carbocycles. The Kier molecular flexibility index (Phi) is 5.89. The molecule has 0 radical (unpaired) electrons. The molecule has 1 atom stereocenters. The smallest absolute Gasteiger partial charge is 0.263 e. The monoisotopic (exact) mass is 306 g/mol. The van der Waals surface area contributed by atoms with Crippen LogP contribution in [0.15, 0.2) is 66.5 Å². The van der Waals surface area contributed by atoms with Crippen molar-refractivity contribution in [1.82, 2.24) is 15.6 Å². The zero-order valence-electron chi connectivity index (χ0n) is 12.9. The SMILES string of the molecule is CC(NC(=O)/C(C#N)=C\NCc1ccccn1)c1ccccc1. The van der Waals surface area contributed by atoms with E-state index in [0.717, 1.165) is 11.3 Å². The number of hydrogen-bond donors (Lipinski definition) is 2. The van der Waals surface area contributed by atoms with E-state index in [-0.39, 0.29) is 11.6 Å². The molecule has 2 N–H and O–H groups in total. The van der Waals surface area contributed by atoms with E-state index in [9.17, 15) is 4.79 Å². The van der Waals surface area contributed by atoms with Crippen molar-refractivity contribution in [2.24, 2.45) is 0 Å². The molecule has 0 spiro atoms. The molecule has 0 aliphatic heterocycles. The van der Waals surface area contributed by atoms with Crippen LogP contribution in [0.1, 0.15) is 24.2 Å². The van der Waals surface area contributed by atoms with Crippen LogP contribution in [-0.4, -0.2) is 10.9 Å². The molecule has 0 fully saturated rings. The van der Waals surface area contributed by atoms with Crippen LogP contribution in [0, 0.1) is 11.3 Å². The number of carbonyl (C=O) groups excluding carboxylic acids is 1. The lowest BCUT2D eigenvalue weighted by atomic mass is 10.1. The molecule has 1 aromatic heterocycles. The largest absolute Gasteiger partial charge is 0.384 e. The van der Waals surface area contributed by atoms with Gasteiger partial charge in [0.1, 0.15) is 11.6 Å². The molecular formula is C18H18N4O. The molecule has 23 heavy (non-hydrogen) atoms. The standard InChI is InChI=1S/C18H18N4O/c1-14(15-7-3-2-4-8-15)22-18(23)16(11-19)12-20-13-17-9-5-6-10-21-17/h2-10,12,14,20H,13H2,1H3,(H,22,23)/b16-12-. The summed E-state index contributed by atoms with van der Waals surface area (Å²) >= 11 is 0.